The average molecular weight is 266 g/mol. The molecule has 0 saturated heterocycles. The van der Waals surface area contributed by atoms with Crippen LogP contribution in [0.4, 0.5) is 4.79 Å². The lowest BCUT2D eigenvalue weighted by Gasteiger charge is -2.24. The zero-order chi connectivity index (χ0) is 14.3. The number of carbonyl (C=O) groups is 1. The van der Waals surface area contributed by atoms with E-state index in [0.717, 1.165) is 5.56 Å². The van der Waals surface area contributed by atoms with Crippen molar-refractivity contribution in [1.82, 2.24) is 10.5 Å². The summed E-state index contributed by atoms with van der Waals surface area (Å²) < 4.78 is 0. The summed E-state index contributed by atoms with van der Waals surface area (Å²) >= 11 is 0. The average Bonchev–Trinajstić information content (AvgIpc) is 2.36. The van der Waals surface area contributed by atoms with Crippen LogP contribution in [0.2, 0.25) is 0 Å². The number of benzene rings is 1. The van der Waals surface area contributed by atoms with Crippen molar-refractivity contribution in [3.05, 3.63) is 35.9 Å². The van der Waals surface area contributed by atoms with Crippen LogP contribution >= 0.6 is 0 Å². The maximum Gasteiger partial charge on any atom is 0.365 e. The lowest BCUT2D eigenvalue weighted by molar-refractivity contribution is -0.164. The van der Waals surface area contributed by atoms with Gasteiger partial charge in [-0.1, -0.05) is 30.3 Å². The fourth-order valence-electron chi connectivity index (χ4n) is 1.38. The van der Waals surface area contributed by atoms with Crippen LogP contribution in [-0.4, -0.2) is 23.3 Å². The molecule has 106 valence electrons. The van der Waals surface area contributed by atoms with E-state index in [2.05, 4.69) is 5.48 Å². The van der Waals surface area contributed by atoms with Gasteiger partial charge in [-0.2, -0.15) is 5.06 Å². The molecule has 0 unspecified atom stereocenters. The smallest absolute Gasteiger partial charge is 0.269 e. The van der Waals surface area contributed by atoms with E-state index >= 15 is 0 Å². The Morgan fingerprint density at radius 1 is 1.16 bits per heavy atom. The molecule has 1 rings (SSSR count). The molecule has 19 heavy (non-hydrogen) atoms. The molecule has 1 aromatic rings. The van der Waals surface area contributed by atoms with E-state index < -0.39 is 6.03 Å². The van der Waals surface area contributed by atoms with E-state index in [1.54, 1.807) is 0 Å². The molecule has 5 nitrogen and oxygen atoms in total. The van der Waals surface area contributed by atoms with E-state index in [9.17, 15) is 4.79 Å². The van der Waals surface area contributed by atoms with Crippen molar-refractivity contribution in [3.63, 3.8) is 0 Å². The summed E-state index contributed by atoms with van der Waals surface area (Å²) in [6, 6.07) is 9.24. The fourth-order valence-corrected chi connectivity index (χ4v) is 1.38. The Morgan fingerprint density at radius 3 is 2.32 bits per heavy atom. The van der Waals surface area contributed by atoms with Crippen LogP contribution in [0.5, 0.6) is 0 Å². The molecule has 0 radical (unpaired) electrons. The van der Waals surface area contributed by atoms with Crippen molar-refractivity contribution < 1.29 is 14.5 Å². The predicted octanol–water partition coefficient (Wildman–Crippen LogP) is 2.88. The Hall–Kier alpha value is -1.59. The minimum atomic E-state index is -0.411. The molecule has 0 aliphatic heterocycles. The number of nitrogens with one attached hydrogen (secondary N) is 1. The summed E-state index contributed by atoms with van der Waals surface area (Å²) in [5.74, 6) is 0. The van der Waals surface area contributed by atoms with Crippen molar-refractivity contribution >= 4 is 6.03 Å². The number of hydrogen-bond acceptors (Lipinski definition) is 3. The molecule has 0 spiro atoms. The molecule has 0 aliphatic carbocycles. The molecule has 0 heterocycles. The minimum Gasteiger partial charge on any atom is -0.269 e. The fraction of sp³-hybridized carbons (Fsp3) is 0.500. The highest BCUT2D eigenvalue weighted by Crippen LogP contribution is 2.07. The normalized spacial score (nSPS) is 10.8. The Kier molecular flexibility index (Phi) is 6.32. The lowest BCUT2D eigenvalue weighted by atomic mass is 10.2. The molecule has 5 heteroatoms. The predicted molar refractivity (Wildman–Crippen MR) is 73.0 cm³/mol. The maximum atomic E-state index is 12.0. The lowest BCUT2D eigenvalue weighted by Crippen LogP contribution is -2.41. The number of hydroxylamine groups is 3. The molecule has 0 fully saturated rings. The van der Waals surface area contributed by atoms with Crippen LogP contribution in [-0.2, 0) is 16.2 Å². The SMILES string of the molecule is CC(C)ONC(=O)N(Cc1ccccc1)OC(C)C. The zero-order valence-corrected chi connectivity index (χ0v) is 11.9. The zero-order valence-electron chi connectivity index (χ0n) is 11.9. The van der Waals surface area contributed by atoms with Gasteiger partial charge in [-0.3, -0.25) is 9.68 Å². The molecule has 0 saturated carbocycles. The molecular weight excluding hydrogens is 244 g/mol. The van der Waals surface area contributed by atoms with E-state index in [0.29, 0.717) is 6.54 Å². The summed E-state index contributed by atoms with van der Waals surface area (Å²) in [7, 11) is 0. The number of rotatable bonds is 6. The van der Waals surface area contributed by atoms with E-state index in [1.807, 2.05) is 58.0 Å². The third-order valence-electron chi connectivity index (χ3n) is 2.12. The Morgan fingerprint density at radius 2 is 1.79 bits per heavy atom. The highest BCUT2D eigenvalue weighted by molar-refractivity contribution is 5.71. The van der Waals surface area contributed by atoms with Crippen molar-refractivity contribution in [3.8, 4) is 0 Å². The molecule has 2 amide bonds. The number of carbonyl (C=O) groups excluding carboxylic acids is 1. The topological polar surface area (TPSA) is 50.8 Å². The van der Waals surface area contributed by atoms with Gasteiger partial charge in [-0.25, -0.2) is 10.3 Å². The number of nitrogens with zero attached hydrogens (tertiary/aromatic N) is 1. The Labute approximate surface area is 114 Å². The van der Waals surface area contributed by atoms with Gasteiger partial charge in [-0.05, 0) is 33.3 Å². The van der Waals surface area contributed by atoms with E-state index in [4.69, 9.17) is 9.68 Å². The quantitative estimate of drug-likeness (QED) is 0.805. The van der Waals surface area contributed by atoms with Gasteiger partial charge in [0.2, 0.25) is 0 Å². The van der Waals surface area contributed by atoms with Crippen molar-refractivity contribution in [2.75, 3.05) is 0 Å². The van der Waals surface area contributed by atoms with Gasteiger partial charge < -0.3 is 0 Å². The molecule has 0 bridgehead atoms. The third-order valence-corrected chi connectivity index (χ3v) is 2.12. The largest absolute Gasteiger partial charge is 0.365 e. The standard InChI is InChI=1S/C14H22N2O3/c1-11(2)18-15-14(17)16(19-12(3)4)10-13-8-6-5-7-9-13/h5-9,11-12H,10H2,1-4H3,(H,15,17). The van der Waals surface area contributed by atoms with Crippen molar-refractivity contribution in [2.45, 2.75) is 46.4 Å². The van der Waals surface area contributed by atoms with Crippen LogP contribution in [0.3, 0.4) is 0 Å². The van der Waals surface area contributed by atoms with E-state index in [1.165, 1.54) is 5.06 Å². The first-order valence-corrected chi connectivity index (χ1v) is 6.43. The van der Waals surface area contributed by atoms with Crippen LogP contribution < -0.4 is 5.48 Å². The van der Waals surface area contributed by atoms with Crippen LogP contribution in [0.25, 0.3) is 0 Å². The Balaban J connectivity index is 2.63. The molecule has 0 atom stereocenters. The van der Waals surface area contributed by atoms with Gasteiger partial charge in [-0.15, -0.1) is 0 Å². The van der Waals surface area contributed by atoms with Gasteiger partial charge in [0.15, 0.2) is 0 Å². The molecule has 1 aromatic carbocycles. The molecule has 1 N–H and O–H groups in total. The minimum absolute atomic E-state index is 0.0819. The summed E-state index contributed by atoms with van der Waals surface area (Å²) in [5.41, 5.74) is 3.36. The van der Waals surface area contributed by atoms with Crippen LogP contribution in [0, 0.1) is 0 Å². The van der Waals surface area contributed by atoms with Gasteiger partial charge in [0, 0.05) is 0 Å². The van der Waals surface area contributed by atoms with E-state index in [-0.39, 0.29) is 12.2 Å². The molecule has 0 aromatic heterocycles. The second-order valence-electron chi connectivity index (χ2n) is 4.75. The first-order valence-electron chi connectivity index (χ1n) is 6.43. The van der Waals surface area contributed by atoms with Gasteiger partial charge >= 0.3 is 6.03 Å². The van der Waals surface area contributed by atoms with Gasteiger partial charge in [0.1, 0.15) is 0 Å². The maximum absolute atomic E-state index is 12.0. The monoisotopic (exact) mass is 266 g/mol. The van der Waals surface area contributed by atoms with Crippen LogP contribution in [0.1, 0.15) is 33.3 Å². The Bertz CT molecular complexity index is 380. The summed E-state index contributed by atoms with van der Waals surface area (Å²) in [6.07, 6.45) is -0.171. The second kappa shape index (κ2) is 7.76. The van der Waals surface area contributed by atoms with Gasteiger partial charge in [0.25, 0.3) is 0 Å². The second-order valence-corrected chi connectivity index (χ2v) is 4.75. The summed E-state index contributed by atoms with van der Waals surface area (Å²) in [6.45, 7) is 7.78. The highest BCUT2D eigenvalue weighted by atomic mass is 16.7. The molecular formula is C14H22N2O3. The highest BCUT2D eigenvalue weighted by Gasteiger charge is 2.17. The van der Waals surface area contributed by atoms with Crippen LogP contribution in [0.15, 0.2) is 30.3 Å². The first-order chi connectivity index (χ1) is 8.99. The van der Waals surface area contributed by atoms with Crippen molar-refractivity contribution in [2.24, 2.45) is 0 Å². The first kappa shape index (κ1) is 15.5. The number of hydrogen-bond donors (Lipinski definition) is 1. The summed E-state index contributed by atoms with van der Waals surface area (Å²) in [4.78, 5) is 22.5. The number of amides is 2. The van der Waals surface area contributed by atoms with Gasteiger partial charge in [0.05, 0.1) is 18.8 Å². The summed E-state index contributed by atoms with van der Waals surface area (Å²) in [5, 5.41) is 1.27. The third kappa shape index (κ3) is 6.22. The molecule has 0 aliphatic rings. The van der Waals surface area contributed by atoms with Crippen molar-refractivity contribution in [1.29, 1.82) is 0 Å². The number of urea groups is 1.